The highest BCUT2D eigenvalue weighted by molar-refractivity contribution is 6.06. The number of hydrogen-bond acceptors (Lipinski definition) is 7. The minimum atomic E-state index is -0.728. The van der Waals surface area contributed by atoms with Gasteiger partial charge in [0, 0.05) is 29.7 Å². The Morgan fingerprint density at radius 2 is 1.97 bits per heavy atom. The number of aliphatic hydroxyl groups is 1. The number of likely N-dealkylation sites (tertiary alicyclic amines) is 1. The molecule has 1 aliphatic carbocycles. The third kappa shape index (κ3) is 4.06. The number of nitrogens with zero attached hydrogens (tertiary/aromatic N) is 4. The second kappa shape index (κ2) is 8.68. The number of amides is 1. The summed E-state index contributed by atoms with van der Waals surface area (Å²) in [4.78, 5) is 32.2. The molecule has 1 amide bonds. The fourth-order valence-electron chi connectivity index (χ4n) is 6.12. The number of anilines is 1. The number of piperidine rings is 1. The molecular weight excluding hydrogens is 470 g/mol. The van der Waals surface area contributed by atoms with E-state index in [1.165, 1.54) is 0 Å². The summed E-state index contributed by atoms with van der Waals surface area (Å²) >= 11 is 0. The van der Waals surface area contributed by atoms with Crippen LogP contribution >= 0.6 is 0 Å². The summed E-state index contributed by atoms with van der Waals surface area (Å²) in [6.07, 6.45) is 4.12. The van der Waals surface area contributed by atoms with E-state index in [0.29, 0.717) is 49.3 Å². The average Bonchev–Trinajstić information content (AvgIpc) is 3.14. The van der Waals surface area contributed by atoms with Gasteiger partial charge in [-0.3, -0.25) is 19.1 Å². The Labute approximate surface area is 214 Å². The lowest BCUT2D eigenvalue weighted by atomic mass is 9.73. The van der Waals surface area contributed by atoms with Gasteiger partial charge in [-0.2, -0.15) is 5.26 Å². The van der Waals surface area contributed by atoms with Crippen molar-refractivity contribution in [2.75, 3.05) is 31.6 Å². The van der Waals surface area contributed by atoms with Crippen LogP contribution in [0.3, 0.4) is 0 Å². The van der Waals surface area contributed by atoms with Crippen LogP contribution in [0, 0.1) is 11.3 Å². The van der Waals surface area contributed by atoms with Gasteiger partial charge in [0.15, 0.2) is 0 Å². The SMILES string of the molecule is CC1(O)CC(n2c(=O)ccc3cc(OCCN4CCC5(CC4)C(=O)Nc4ccc(C#N)cc45)cnc32)C1. The van der Waals surface area contributed by atoms with Gasteiger partial charge in [0.2, 0.25) is 5.91 Å². The lowest BCUT2D eigenvalue weighted by Crippen LogP contribution is -2.47. The van der Waals surface area contributed by atoms with E-state index in [2.05, 4.69) is 21.3 Å². The zero-order chi connectivity index (χ0) is 25.8. The molecule has 4 heterocycles. The Hall–Kier alpha value is -3.74. The highest BCUT2D eigenvalue weighted by Gasteiger charge is 2.48. The number of aromatic nitrogens is 2. The summed E-state index contributed by atoms with van der Waals surface area (Å²) < 4.78 is 7.68. The molecule has 3 aliphatic rings. The normalized spacial score (nSPS) is 24.4. The van der Waals surface area contributed by atoms with Gasteiger partial charge < -0.3 is 15.2 Å². The Kier molecular flexibility index (Phi) is 5.55. The molecular formula is C28H29N5O4. The lowest BCUT2D eigenvalue weighted by molar-refractivity contribution is -0.122. The maximum atomic E-state index is 12.9. The van der Waals surface area contributed by atoms with Gasteiger partial charge in [0.1, 0.15) is 18.0 Å². The molecule has 0 atom stereocenters. The minimum absolute atomic E-state index is 0.0275. The van der Waals surface area contributed by atoms with E-state index < -0.39 is 11.0 Å². The van der Waals surface area contributed by atoms with Gasteiger partial charge in [0.05, 0.1) is 28.8 Å². The van der Waals surface area contributed by atoms with Crippen molar-refractivity contribution in [3.8, 4) is 11.8 Å². The third-order valence-corrected chi connectivity index (χ3v) is 8.19. The van der Waals surface area contributed by atoms with Gasteiger partial charge in [-0.05, 0) is 81.6 Å². The number of hydrogen-bond donors (Lipinski definition) is 2. The molecule has 6 rings (SSSR count). The summed E-state index contributed by atoms with van der Waals surface area (Å²) in [7, 11) is 0. The molecule has 1 spiro atoms. The van der Waals surface area contributed by atoms with Crippen LogP contribution in [0.5, 0.6) is 5.75 Å². The largest absolute Gasteiger partial charge is 0.491 e. The predicted octanol–water partition coefficient (Wildman–Crippen LogP) is 2.72. The molecule has 2 N–H and O–H groups in total. The molecule has 1 saturated heterocycles. The van der Waals surface area contributed by atoms with Crippen molar-refractivity contribution in [3.63, 3.8) is 0 Å². The molecule has 0 radical (unpaired) electrons. The van der Waals surface area contributed by atoms with E-state index in [1.807, 2.05) is 18.2 Å². The first-order valence-electron chi connectivity index (χ1n) is 12.7. The van der Waals surface area contributed by atoms with Crippen molar-refractivity contribution in [3.05, 3.63) is 64.1 Å². The maximum absolute atomic E-state index is 12.9. The molecule has 0 unspecified atom stereocenters. The summed E-state index contributed by atoms with van der Waals surface area (Å²) in [5.41, 5.74) is 1.54. The molecule has 3 aromatic rings. The van der Waals surface area contributed by atoms with Crippen LogP contribution in [0.1, 0.15) is 49.8 Å². The number of nitrogens with one attached hydrogen (secondary N) is 1. The molecule has 190 valence electrons. The van der Waals surface area contributed by atoms with Crippen molar-refractivity contribution in [2.45, 2.75) is 49.7 Å². The average molecular weight is 500 g/mol. The van der Waals surface area contributed by atoms with Gasteiger partial charge in [0.25, 0.3) is 5.56 Å². The number of carbonyl (C=O) groups excluding carboxylic acids is 1. The second-order valence-electron chi connectivity index (χ2n) is 10.8. The van der Waals surface area contributed by atoms with Crippen molar-refractivity contribution >= 4 is 22.6 Å². The number of fused-ring (bicyclic) bond motifs is 3. The van der Waals surface area contributed by atoms with Crippen LogP contribution in [0.25, 0.3) is 11.0 Å². The summed E-state index contributed by atoms with van der Waals surface area (Å²) in [6, 6.07) is 12.7. The van der Waals surface area contributed by atoms with Crippen molar-refractivity contribution in [1.29, 1.82) is 5.26 Å². The third-order valence-electron chi connectivity index (χ3n) is 8.19. The molecule has 1 saturated carbocycles. The van der Waals surface area contributed by atoms with Crippen LogP contribution in [-0.4, -0.2) is 57.3 Å². The Bertz CT molecular complexity index is 1490. The molecule has 2 aliphatic heterocycles. The quantitative estimate of drug-likeness (QED) is 0.554. The van der Waals surface area contributed by atoms with Crippen molar-refractivity contribution in [1.82, 2.24) is 14.5 Å². The van der Waals surface area contributed by atoms with E-state index in [1.54, 1.807) is 35.9 Å². The Morgan fingerprint density at radius 1 is 1.19 bits per heavy atom. The minimum Gasteiger partial charge on any atom is -0.491 e. The first kappa shape index (κ1) is 23.6. The number of nitriles is 1. The fraction of sp³-hybridized carbons (Fsp3) is 0.429. The molecule has 9 heteroatoms. The smallest absolute Gasteiger partial charge is 0.252 e. The van der Waals surface area contributed by atoms with Gasteiger partial charge >= 0.3 is 0 Å². The Morgan fingerprint density at radius 3 is 2.70 bits per heavy atom. The second-order valence-corrected chi connectivity index (χ2v) is 10.8. The van der Waals surface area contributed by atoms with Crippen LogP contribution in [-0.2, 0) is 10.2 Å². The fourth-order valence-corrected chi connectivity index (χ4v) is 6.12. The topological polar surface area (TPSA) is 120 Å². The van der Waals surface area contributed by atoms with E-state index in [-0.39, 0.29) is 17.5 Å². The zero-order valence-corrected chi connectivity index (χ0v) is 20.7. The number of ether oxygens (including phenoxy) is 1. The predicted molar refractivity (Wildman–Crippen MR) is 138 cm³/mol. The van der Waals surface area contributed by atoms with Gasteiger partial charge in [-0.1, -0.05) is 0 Å². The summed E-state index contributed by atoms with van der Waals surface area (Å²) in [5, 5.41) is 23.2. The van der Waals surface area contributed by atoms with Gasteiger partial charge in [-0.15, -0.1) is 0 Å². The molecule has 37 heavy (non-hydrogen) atoms. The number of pyridine rings is 2. The van der Waals surface area contributed by atoms with E-state index in [4.69, 9.17) is 4.74 Å². The van der Waals surface area contributed by atoms with Crippen molar-refractivity contribution < 1.29 is 14.6 Å². The van der Waals surface area contributed by atoms with E-state index in [9.17, 15) is 20.0 Å². The number of benzene rings is 1. The zero-order valence-electron chi connectivity index (χ0n) is 20.7. The van der Waals surface area contributed by atoms with Crippen LogP contribution in [0.2, 0.25) is 0 Å². The van der Waals surface area contributed by atoms with Crippen LogP contribution in [0.15, 0.2) is 47.4 Å². The lowest BCUT2D eigenvalue weighted by Gasteiger charge is -2.41. The highest BCUT2D eigenvalue weighted by atomic mass is 16.5. The summed E-state index contributed by atoms with van der Waals surface area (Å²) in [5.74, 6) is 0.666. The number of carbonyl (C=O) groups is 1. The molecule has 0 bridgehead atoms. The first-order valence-corrected chi connectivity index (χ1v) is 12.7. The van der Waals surface area contributed by atoms with Crippen LogP contribution < -0.4 is 15.6 Å². The van der Waals surface area contributed by atoms with Crippen molar-refractivity contribution in [2.24, 2.45) is 0 Å². The number of rotatable bonds is 5. The summed E-state index contributed by atoms with van der Waals surface area (Å²) in [6.45, 7) is 4.51. The standard InChI is InChI=1S/C28H29N5O4/c1-27(36)14-20(15-27)33-24(34)5-3-19-13-21(17-30-25(19)33)37-11-10-32-8-6-28(7-9-32)22-12-18(16-29)2-4-23(22)31-26(28)35/h2-5,12-13,17,20,36H,6-11,14-15H2,1H3,(H,31,35). The maximum Gasteiger partial charge on any atom is 0.252 e. The first-order chi connectivity index (χ1) is 17.8. The molecule has 2 fully saturated rings. The van der Waals surface area contributed by atoms with Gasteiger partial charge in [-0.25, -0.2) is 4.98 Å². The Balaban J connectivity index is 1.08. The molecule has 2 aromatic heterocycles. The van der Waals surface area contributed by atoms with E-state index >= 15 is 0 Å². The monoisotopic (exact) mass is 499 g/mol. The molecule has 9 nitrogen and oxygen atoms in total. The van der Waals surface area contributed by atoms with Crippen LogP contribution in [0.4, 0.5) is 5.69 Å². The highest BCUT2D eigenvalue weighted by Crippen LogP contribution is 2.45. The van der Waals surface area contributed by atoms with E-state index in [0.717, 1.165) is 36.3 Å². The molecule has 1 aromatic carbocycles.